The lowest BCUT2D eigenvalue weighted by Crippen LogP contribution is -2.42. The van der Waals surface area contributed by atoms with E-state index in [4.69, 9.17) is 14.2 Å². The molecule has 2 aliphatic rings. The molecule has 2 amide bonds. The van der Waals surface area contributed by atoms with E-state index in [0.29, 0.717) is 57.5 Å². The quantitative estimate of drug-likeness (QED) is 0.544. The van der Waals surface area contributed by atoms with Gasteiger partial charge < -0.3 is 34.3 Å². The fourth-order valence-corrected chi connectivity index (χ4v) is 4.41. The second kappa shape index (κ2) is 12.5. The molecule has 0 aliphatic carbocycles. The zero-order valence-corrected chi connectivity index (χ0v) is 22.6. The zero-order valence-electron chi connectivity index (χ0n) is 22.6. The van der Waals surface area contributed by atoms with Gasteiger partial charge >= 0.3 is 6.09 Å². The van der Waals surface area contributed by atoms with Crippen LogP contribution in [0.4, 0.5) is 20.7 Å². The second-order valence-corrected chi connectivity index (χ2v) is 10.7. The van der Waals surface area contributed by atoms with Crippen molar-refractivity contribution in [2.75, 3.05) is 56.2 Å². The largest absolute Gasteiger partial charge is 0.491 e. The molecule has 0 bridgehead atoms. The van der Waals surface area contributed by atoms with Crippen molar-refractivity contribution < 1.29 is 28.2 Å². The van der Waals surface area contributed by atoms with Gasteiger partial charge in [0.2, 0.25) is 5.91 Å². The Balaban J connectivity index is 1.33. The third kappa shape index (κ3) is 8.41. The highest BCUT2D eigenvalue weighted by Crippen LogP contribution is 2.28. The van der Waals surface area contributed by atoms with Crippen LogP contribution in [0, 0.1) is 11.7 Å². The lowest BCUT2D eigenvalue weighted by Gasteiger charge is -2.33. The number of carbonyl (C=O) groups is 2. The van der Waals surface area contributed by atoms with E-state index in [1.165, 1.54) is 24.3 Å². The number of rotatable bonds is 7. The molecule has 2 saturated heterocycles. The highest BCUT2D eigenvalue weighted by molar-refractivity contribution is 5.93. The van der Waals surface area contributed by atoms with E-state index in [1.807, 2.05) is 25.7 Å². The van der Waals surface area contributed by atoms with Crippen molar-refractivity contribution in [3.63, 3.8) is 0 Å². The number of hydrogen-bond donors (Lipinski definition) is 2. The average molecular weight is 546 g/mol. The lowest BCUT2D eigenvalue weighted by molar-refractivity contribution is -0.115. The second-order valence-electron chi connectivity index (χ2n) is 10.7. The molecule has 39 heavy (non-hydrogen) atoms. The Bertz CT molecular complexity index is 1220. The molecular weight excluding hydrogens is 509 g/mol. The maximum atomic E-state index is 14.0. The molecule has 3 heterocycles. The first-order chi connectivity index (χ1) is 18.6. The number of aromatic amines is 1. The standard InChI is InChI=1S/C27H36FN5O6/c1-27(2,3)39-26(36)33-8-6-18(7-9-33)17-38-21-14-19(28)4-5-20(21)29-24(34)15-22-30-23(16-25(35)31-22)32-10-12-37-13-11-32/h4-5,14,16,18H,6-13,15,17H2,1-3H3,(H,29,34)(H,30,31,35). The van der Waals surface area contributed by atoms with Gasteiger partial charge in [-0.15, -0.1) is 0 Å². The number of likely N-dealkylation sites (tertiary alicyclic amines) is 1. The number of piperidine rings is 1. The van der Waals surface area contributed by atoms with Gasteiger partial charge in [-0.3, -0.25) is 9.59 Å². The van der Waals surface area contributed by atoms with Crippen LogP contribution in [0.2, 0.25) is 0 Å². The molecule has 4 rings (SSSR count). The molecule has 0 atom stereocenters. The van der Waals surface area contributed by atoms with Gasteiger partial charge in [-0.25, -0.2) is 14.2 Å². The minimum atomic E-state index is -0.549. The number of hydrogen-bond acceptors (Lipinski definition) is 8. The number of halogens is 1. The maximum absolute atomic E-state index is 14.0. The summed E-state index contributed by atoms with van der Waals surface area (Å²) in [5.41, 5.74) is -0.580. The van der Waals surface area contributed by atoms with Crippen molar-refractivity contribution in [2.24, 2.45) is 5.92 Å². The first kappa shape index (κ1) is 28.3. The first-order valence-corrected chi connectivity index (χ1v) is 13.2. The smallest absolute Gasteiger partial charge is 0.410 e. The normalized spacial score (nSPS) is 16.6. The summed E-state index contributed by atoms with van der Waals surface area (Å²) in [6.07, 6.45) is 0.931. The zero-order chi connectivity index (χ0) is 28.0. The predicted octanol–water partition coefficient (Wildman–Crippen LogP) is 2.95. The summed E-state index contributed by atoms with van der Waals surface area (Å²) in [6.45, 7) is 9.20. The van der Waals surface area contributed by atoms with Crippen molar-refractivity contribution >= 4 is 23.5 Å². The third-order valence-corrected chi connectivity index (χ3v) is 6.40. The Morgan fingerprint density at radius 3 is 2.56 bits per heavy atom. The van der Waals surface area contributed by atoms with Crippen LogP contribution in [0.5, 0.6) is 5.75 Å². The summed E-state index contributed by atoms with van der Waals surface area (Å²) in [5.74, 6) is 0.164. The Morgan fingerprint density at radius 1 is 1.15 bits per heavy atom. The molecule has 0 unspecified atom stereocenters. The van der Waals surface area contributed by atoms with E-state index < -0.39 is 17.3 Å². The predicted molar refractivity (Wildman–Crippen MR) is 143 cm³/mol. The first-order valence-electron chi connectivity index (χ1n) is 13.2. The SMILES string of the molecule is CC(C)(C)OC(=O)N1CCC(COc2cc(F)ccc2NC(=O)Cc2nc(N3CCOCC3)cc(=O)[nH]2)CC1. The van der Waals surface area contributed by atoms with Gasteiger partial charge in [0.25, 0.3) is 5.56 Å². The van der Waals surface area contributed by atoms with E-state index >= 15 is 0 Å². The minimum absolute atomic E-state index is 0.160. The summed E-state index contributed by atoms with van der Waals surface area (Å²) >= 11 is 0. The van der Waals surface area contributed by atoms with E-state index in [9.17, 15) is 18.8 Å². The Hall–Kier alpha value is -3.67. The van der Waals surface area contributed by atoms with Crippen LogP contribution in [0.3, 0.4) is 0 Å². The molecule has 2 N–H and O–H groups in total. The number of H-pyrrole nitrogens is 1. The van der Waals surface area contributed by atoms with Gasteiger partial charge in [-0.05, 0) is 51.7 Å². The number of ether oxygens (including phenoxy) is 3. The minimum Gasteiger partial charge on any atom is -0.491 e. The van der Waals surface area contributed by atoms with Gasteiger partial charge in [0.15, 0.2) is 0 Å². The van der Waals surface area contributed by atoms with Crippen LogP contribution in [0.15, 0.2) is 29.1 Å². The van der Waals surface area contributed by atoms with Crippen LogP contribution in [-0.2, 0) is 20.7 Å². The third-order valence-electron chi connectivity index (χ3n) is 6.40. The van der Waals surface area contributed by atoms with Gasteiger partial charge in [0.1, 0.15) is 28.8 Å². The fourth-order valence-electron chi connectivity index (χ4n) is 4.41. The van der Waals surface area contributed by atoms with Crippen molar-refractivity contribution in [1.82, 2.24) is 14.9 Å². The van der Waals surface area contributed by atoms with E-state index in [2.05, 4.69) is 15.3 Å². The molecule has 1 aromatic heterocycles. The van der Waals surface area contributed by atoms with Crippen LogP contribution in [0.25, 0.3) is 0 Å². The van der Waals surface area contributed by atoms with Crippen molar-refractivity contribution in [2.45, 2.75) is 45.6 Å². The van der Waals surface area contributed by atoms with Crippen LogP contribution in [-0.4, -0.2) is 78.5 Å². The molecule has 0 saturated carbocycles. The molecule has 0 spiro atoms. The molecule has 212 valence electrons. The Labute approximate surface area is 226 Å². The molecule has 2 aromatic rings. The Kier molecular flexibility index (Phi) is 9.05. The van der Waals surface area contributed by atoms with Crippen molar-refractivity contribution in [3.05, 3.63) is 46.3 Å². The molecular formula is C27H36FN5O6. The number of nitrogens with zero attached hydrogens (tertiary/aromatic N) is 3. The van der Waals surface area contributed by atoms with Gasteiger partial charge in [0.05, 0.1) is 31.9 Å². The number of nitrogens with one attached hydrogen (secondary N) is 2. The highest BCUT2D eigenvalue weighted by Gasteiger charge is 2.27. The summed E-state index contributed by atoms with van der Waals surface area (Å²) in [6, 6.07) is 5.30. The maximum Gasteiger partial charge on any atom is 0.410 e. The number of carbonyl (C=O) groups excluding carboxylic acids is 2. The number of morpholine rings is 1. The van der Waals surface area contributed by atoms with Gasteiger partial charge in [-0.1, -0.05) is 0 Å². The topological polar surface area (TPSA) is 126 Å². The van der Waals surface area contributed by atoms with Crippen molar-refractivity contribution in [1.29, 1.82) is 0 Å². The van der Waals surface area contributed by atoms with Crippen molar-refractivity contribution in [3.8, 4) is 5.75 Å². The molecule has 11 nitrogen and oxygen atoms in total. The molecule has 0 radical (unpaired) electrons. The lowest BCUT2D eigenvalue weighted by atomic mass is 9.98. The van der Waals surface area contributed by atoms with E-state index in [-0.39, 0.29) is 35.6 Å². The monoisotopic (exact) mass is 545 g/mol. The van der Waals surface area contributed by atoms with E-state index in [0.717, 1.165) is 12.8 Å². The average Bonchev–Trinajstić information content (AvgIpc) is 2.88. The van der Waals surface area contributed by atoms with Gasteiger partial charge in [0, 0.05) is 38.3 Å². The number of anilines is 2. The number of benzene rings is 1. The molecule has 12 heteroatoms. The number of amides is 2. The highest BCUT2D eigenvalue weighted by atomic mass is 19.1. The van der Waals surface area contributed by atoms with E-state index in [1.54, 1.807) is 4.90 Å². The van der Waals surface area contributed by atoms with Crippen LogP contribution >= 0.6 is 0 Å². The molecule has 2 fully saturated rings. The summed E-state index contributed by atoms with van der Waals surface area (Å²) in [5, 5.41) is 2.74. The van der Waals surface area contributed by atoms with Crippen LogP contribution < -0.4 is 20.5 Å². The van der Waals surface area contributed by atoms with Crippen LogP contribution in [0.1, 0.15) is 39.4 Å². The molecule has 1 aromatic carbocycles. The van der Waals surface area contributed by atoms with Gasteiger partial charge in [-0.2, -0.15) is 0 Å². The summed E-state index contributed by atoms with van der Waals surface area (Å²) in [4.78, 5) is 47.9. The number of aromatic nitrogens is 2. The fraction of sp³-hybridized carbons (Fsp3) is 0.556. The summed E-state index contributed by atoms with van der Waals surface area (Å²) < 4.78 is 30.7. The Morgan fingerprint density at radius 2 is 1.87 bits per heavy atom. The summed E-state index contributed by atoms with van der Waals surface area (Å²) in [7, 11) is 0. The molecule has 2 aliphatic heterocycles.